The zero-order valence-corrected chi connectivity index (χ0v) is 11.7. The van der Waals surface area contributed by atoms with E-state index in [1.165, 1.54) is 5.56 Å². The van der Waals surface area contributed by atoms with Crippen molar-refractivity contribution in [1.82, 2.24) is 0 Å². The molecule has 0 heterocycles. The molecule has 3 heteroatoms. The molecule has 2 nitrogen and oxygen atoms in total. The quantitative estimate of drug-likeness (QED) is 0.858. The highest BCUT2D eigenvalue weighted by Gasteiger charge is 2.06. The molecule has 90 valence electrons. The Kier molecular flexibility index (Phi) is 3.69. The minimum Gasteiger partial charge on any atom is -0.398 e. The van der Waals surface area contributed by atoms with Crippen molar-refractivity contribution < 1.29 is 0 Å². The molecule has 2 aromatic carbocycles. The largest absolute Gasteiger partial charge is 0.398 e. The van der Waals surface area contributed by atoms with Gasteiger partial charge in [0.25, 0.3) is 0 Å². The lowest BCUT2D eigenvalue weighted by molar-refractivity contribution is 1.15. The SMILES string of the molecule is Cc1c(N)cc(C#N)cc1Cc1cccc(Br)c1. The third-order valence-corrected chi connectivity index (χ3v) is 3.46. The monoisotopic (exact) mass is 300 g/mol. The second-order valence-electron chi connectivity index (χ2n) is 4.27. The van der Waals surface area contributed by atoms with Gasteiger partial charge in [-0.3, -0.25) is 0 Å². The van der Waals surface area contributed by atoms with Gasteiger partial charge in [-0.15, -0.1) is 0 Å². The highest BCUT2D eigenvalue weighted by atomic mass is 79.9. The lowest BCUT2D eigenvalue weighted by atomic mass is 9.97. The van der Waals surface area contributed by atoms with Crippen LogP contribution >= 0.6 is 15.9 Å². The number of nitrogens with two attached hydrogens (primary N) is 1. The van der Waals surface area contributed by atoms with Gasteiger partial charge in [0.1, 0.15) is 0 Å². The van der Waals surface area contributed by atoms with Gasteiger partial charge in [-0.25, -0.2) is 0 Å². The topological polar surface area (TPSA) is 49.8 Å². The van der Waals surface area contributed by atoms with Crippen molar-refractivity contribution in [2.75, 3.05) is 5.73 Å². The van der Waals surface area contributed by atoms with Gasteiger partial charge in [0.2, 0.25) is 0 Å². The fourth-order valence-corrected chi connectivity index (χ4v) is 2.36. The average Bonchev–Trinajstić information content (AvgIpc) is 2.34. The van der Waals surface area contributed by atoms with E-state index in [1.807, 2.05) is 25.1 Å². The summed E-state index contributed by atoms with van der Waals surface area (Å²) >= 11 is 3.46. The third-order valence-electron chi connectivity index (χ3n) is 2.97. The Morgan fingerprint density at radius 1 is 1.28 bits per heavy atom. The minimum absolute atomic E-state index is 0.614. The Morgan fingerprint density at radius 3 is 2.72 bits per heavy atom. The lowest BCUT2D eigenvalue weighted by Gasteiger charge is -2.10. The van der Waals surface area contributed by atoms with Crippen molar-refractivity contribution in [3.05, 3.63) is 63.1 Å². The van der Waals surface area contributed by atoms with Crippen molar-refractivity contribution in [3.8, 4) is 6.07 Å². The number of nitriles is 1. The first-order valence-corrected chi connectivity index (χ1v) is 6.43. The number of halogens is 1. The fraction of sp³-hybridized carbons (Fsp3) is 0.133. The maximum absolute atomic E-state index is 8.97. The Labute approximate surface area is 115 Å². The number of rotatable bonds is 2. The summed E-state index contributed by atoms with van der Waals surface area (Å²) in [6, 6.07) is 13.9. The van der Waals surface area contributed by atoms with Gasteiger partial charge < -0.3 is 5.73 Å². The van der Waals surface area contributed by atoms with Crippen LogP contribution in [0.3, 0.4) is 0 Å². The molecule has 0 saturated heterocycles. The lowest BCUT2D eigenvalue weighted by Crippen LogP contribution is -1.98. The van der Waals surface area contributed by atoms with Crippen LogP contribution in [0, 0.1) is 18.3 Å². The molecular weight excluding hydrogens is 288 g/mol. The van der Waals surface area contributed by atoms with Crippen LogP contribution in [0.2, 0.25) is 0 Å². The first-order chi connectivity index (χ1) is 8.60. The number of hydrogen-bond donors (Lipinski definition) is 1. The summed E-state index contributed by atoms with van der Waals surface area (Å²) < 4.78 is 1.06. The Morgan fingerprint density at radius 2 is 2.06 bits per heavy atom. The van der Waals surface area contributed by atoms with Crippen molar-refractivity contribution in [2.24, 2.45) is 0 Å². The van der Waals surface area contributed by atoms with Gasteiger partial charge in [-0.05, 0) is 54.3 Å². The molecule has 0 fully saturated rings. The number of anilines is 1. The molecule has 0 aliphatic carbocycles. The van der Waals surface area contributed by atoms with E-state index < -0.39 is 0 Å². The first-order valence-electron chi connectivity index (χ1n) is 5.63. The second kappa shape index (κ2) is 5.24. The van der Waals surface area contributed by atoms with Gasteiger partial charge in [0.05, 0.1) is 11.6 Å². The molecule has 2 rings (SSSR count). The predicted molar refractivity (Wildman–Crippen MR) is 77.3 cm³/mol. The Balaban J connectivity index is 2.40. The van der Waals surface area contributed by atoms with Gasteiger partial charge >= 0.3 is 0 Å². The number of nitrogen functional groups attached to an aromatic ring is 1. The molecule has 0 aliphatic heterocycles. The van der Waals surface area contributed by atoms with E-state index in [0.29, 0.717) is 11.3 Å². The van der Waals surface area contributed by atoms with Gasteiger partial charge in [-0.2, -0.15) is 5.26 Å². The number of benzene rings is 2. The number of hydrogen-bond acceptors (Lipinski definition) is 2. The van der Waals surface area contributed by atoms with E-state index in [9.17, 15) is 0 Å². The molecule has 0 unspecified atom stereocenters. The summed E-state index contributed by atoms with van der Waals surface area (Å²) in [7, 11) is 0. The molecule has 18 heavy (non-hydrogen) atoms. The molecule has 2 aromatic rings. The zero-order valence-electron chi connectivity index (χ0n) is 10.1. The summed E-state index contributed by atoms with van der Waals surface area (Å²) in [4.78, 5) is 0. The van der Waals surface area contributed by atoms with E-state index in [4.69, 9.17) is 11.0 Å². The average molecular weight is 301 g/mol. The molecule has 0 aliphatic rings. The van der Waals surface area contributed by atoms with E-state index in [2.05, 4.69) is 34.1 Å². The standard InChI is InChI=1S/C15H13BrN2/c1-10-13(6-12(9-17)8-15(10)18)5-11-3-2-4-14(16)7-11/h2-4,6-8H,5,18H2,1H3. The van der Waals surface area contributed by atoms with E-state index in [-0.39, 0.29) is 0 Å². The summed E-state index contributed by atoms with van der Waals surface area (Å²) in [5, 5.41) is 8.97. The van der Waals surface area contributed by atoms with Crippen molar-refractivity contribution in [2.45, 2.75) is 13.3 Å². The Bertz CT molecular complexity index is 627. The smallest absolute Gasteiger partial charge is 0.0992 e. The second-order valence-corrected chi connectivity index (χ2v) is 5.18. The van der Waals surface area contributed by atoms with Crippen LogP contribution in [0.4, 0.5) is 5.69 Å². The van der Waals surface area contributed by atoms with Crippen LogP contribution in [-0.4, -0.2) is 0 Å². The summed E-state index contributed by atoms with van der Waals surface area (Å²) in [6.07, 6.45) is 0.783. The maximum Gasteiger partial charge on any atom is 0.0992 e. The summed E-state index contributed by atoms with van der Waals surface area (Å²) in [5.74, 6) is 0. The molecular formula is C15H13BrN2. The molecule has 2 N–H and O–H groups in total. The van der Waals surface area contributed by atoms with Gasteiger partial charge in [-0.1, -0.05) is 28.1 Å². The van der Waals surface area contributed by atoms with E-state index in [0.717, 1.165) is 22.0 Å². The van der Waals surface area contributed by atoms with Gasteiger partial charge in [0.15, 0.2) is 0 Å². The maximum atomic E-state index is 8.97. The molecule has 0 amide bonds. The first kappa shape index (κ1) is 12.7. The van der Waals surface area contributed by atoms with Crippen molar-refractivity contribution in [3.63, 3.8) is 0 Å². The summed E-state index contributed by atoms with van der Waals surface area (Å²) in [6.45, 7) is 1.99. The molecule has 0 aromatic heterocycles. The van der Waals surface area contributed by atoms with Crippen LogP contribution in [0.25, 0.3) is 0 Å². The van der Waals surface area contributed by atoms with Crippen LogP contribution < -0.4 is 5.73 Å². The van der Waals surface area contributed by atoms with E-state index >= 15 is 0 Å². The zero-order chi connectivity index (χ0) is 13.1. The van der Waals surface area contributed by atoms with E-state index in [1.54, 1.807) is 6.07 Å². The van der Waals surface area contributed by atoms with Crippen molar-refractivity contribution in [1.29, 1.82) is 5.26 Å². The van der Waals surface area contributed by atoms with Crippen LogP contribution in [-0.2, 0) is 6.42 Å². The fourth-order valence-electron chi connectivity index (χ4n) is 1.91. The minimum atomic E-state index is 0.614. The van der Waals surface area contributed by atoms with Gasteiger partial charge in [0, 0.05) is 10.2 Å². The molecule has 0 spiro atoms. The molecule has 0 radical (unpaired) electrons. The molecule has 0 atom stereocenters. The van der Waals surface area contributed by atoms with Crippen LogP contribution in [0.1, 0.15) is 22.3 Å². The normalized spacial score (nSPS) is 10.1. The molecule has 0 bridgehead atoms. The highest BCUT2D eigenvalue weighted by molar-refractivity contribution is 9.10. The number of nitrogens with zero attached hydrogens (tertiary/aromatic N) is 1. The Hall–Kier alpha value is -1.79. The van der Waals surface area contributed by atoms with Crippen molar-refractivity contribution >= 4 is 21.6 Å². The van der Waals surface area contributed by atoms with Crippen LogP contribution in [0.15, 0.2) is 40.9 Å². The van der Waals surface area contributed by atoms with Crippen LogP contribution in [0.5, 0.6) is 0 Å². The third kappa shape index (κ3) is 2.72. The summed E-state index contributed by atoms with van der Waals surface area (Å²) in [5.41, 5.74) is 10.6. The highest BCUT2D eigenvalue weighted by Crippen LogP contribution is 2.22. The molecule has 0 saturated carbocycles. The predicted octanol–water partition coefficient (Wildman–Crippen LogP) is 3.80.